The SMILES string of the molecule is Cc1ccc(-c2oc3ccccc3c2C#Cc2ccc(C(C)(C)C)cc2)cc1. The third-order valence-electron chi connectivity index (χ3n) is 4.99. The van der Waals surface area contributed by atoms with Gasteiger partial charge < -0.3 is 4.42 Å². The second-order valence-electron chi connectivity index (χ2n) is 8.25. The summed E-state index contributed by atoms with van der Waals surface area (Å²) in [6.07, 6.45) is 0. The standard InChI is InChI=1S/C27H24O/c1-19-9-14-21(15-10-19)26-24(23-7-5-6-8-25(23)28-26)18-13-20-11-16-22(17-12-20)27(2,3)4/h5-12,14-17H,1-4H3. The van der Waals surface area contributed by atoms with Crippen molar-refractivity contribution >= 4 is 11.0 Å². The number of rotatable bonds is 1. The molecule has 0 unspecified atom stereocenters. The highest BCUT2D eigenvalue weighted by Gasteiger charge is 2.14. The molecule has 0 aliphatic heterocycles. The van der Waals surface area contributed by atoms with E-state index in [1.165, 1.54) is 11.1 Å². The van der Waals surface area contributed by atoms with E-state index in [1.54, 1.807) is 0 Å². The normalized spacial score (nSPS) is 11.3. The molecule has 1 heterocycles. The van der Waals surface area contributed by atoms with E-state index in [2.05, 4.69) is 94.1 Å². The Labute approximate surface area is 167 Å². The Morgan fingerprint density at radius 2 is 1.43 bits per heavy atom. The van der Waals surface area contributed by atoms with E-state index in [0.29, 0.717) is 0 Å². The van der Waals surface area contributed by atoms with E-state index < -0.39 is 0 Å². The summed E-state index contributed by atoms with van der Waals surface area (Å²) in [4.78, 5) is 0. The van der Waals surface area contributed by atoms with Gasteiger partial charge in [-0.15, -0.1) is 0 Å². The molecule has 0 amide bonds. The van der Waals surface area contributed by atoms with Crippen LogP contribution in [0.2, 0.25) is 0 Å². The lowest BCUT2D eigenvalue weighted by atomic mass is 9.87. The molecule has 4 rings (SSSR count). The van der Waals surface area contributed by atoms with Crippen LogP contribution in [0, 0.1) is 18.8 Å². The molecular weight excluding hydrogens is 340 g/mol. The van der Waals surface area contributed by atoms with Crippen molar-refractivity contribution in [3.8, 4) is 23.2 Å². The lowest BCUT2D eigenvalue weighted by Crippen LogP contribution is -2.10. The molecule has 1 nitrogen and oxygen atoms in total. The van der Waals surface area contributed by atoms with Crippen LogP contribution in [-0.2, 0) is 5.41 Å². The number of benzene rings is 3. The lowest BCUT2D eigenvalue weighted by Gasteiger charge is -2.18. The number of hydrogen-bond donors (Lipinski definition) is 0. The molecule has 3 aromatic carbocycles. The van der Waals surface area contributed by atoms with Crippen molar-refractivity contribution in [1.29, 1.82) is 0 Å². The molecule has 4 aromatic rings. The van der Waals surface area contributed by atoms with Crippen LogP contribution < -0.4 is 0 Å². The Hall–Kier alpha value is -3.24. The van der Waals surface area contributed by atoms with Crippen molar-refractivity contribution in [3.63, 3.8) is 0 Å². The number of para-hydroxylation sites is 1. The van der Waals surface area contributed by atoms with E-state index in [4.69, 9.17) is 4.42 Å². The summed E-state index contributed by atoms with van der Waals surface area (Å²) in [6, 6.07) is 25.0. The van der Waals surface area contributed by atoms with Gasteiger partial charge in [-0.2, -0.15) is 0 Å². The van der Waals surface area contributed by atoms with Gasteiger partial charge in [0.1, 0.15) is 5.58 Å². The maximum atomic E-state index is 6.17. The van der Waals surface area contributed by atoms with E-state index in [-0.39, 0.29) is 5.41 Å². The second kappa shape index (κ2) is 7.06. The third kappa shape index (κ3) is 3.59. The van der Waals surface area contributed by atoms with Gasteiger partial charge in [0, 0.05) is 16.5 Å². The zero-order valence-corrected chi connectivity index (χ0v) is 16.8. The molecule has 0 aliphatic carbocycles. The summed E-state index contributed by atoms with van der Waals surface area (Å²) >= 11 is 0. The molecule has 138 valence electrons. The summed E-state index contributed by atoms with van der Waals surface area (Å²) in [5.41, 5.74) is 6.55. The van der Waals surface area contributed by atoms with Gasteiger partial charge in [-0.1, -0.05) is 86.7 Å². The lowest BCUT2D eigenvalue weighted by molar-refractivity contribution is 0.590. The first-order valence-corrected chi connectivity index (χ1v) is 9.63. The molecule has 1 heteroatoms. The molecule has 0 fully saturated rings. The van der Waals surface area contributed by atoms with Gasteiger partial charge in [-0.3, -0.25) is 0 Å². The Morgan fingerprint density at radius 1 is 0.750 bits per heavy atom. The highest BCUT2D eigenvalue weighted by molar-refractivity contribution is 5.91. The number of furan rings is 1. The summed E-state index contributed by atoms with van der Waals surface area (Å²) in [5, 5.41) is 1.05. The molecule has 1 aromatic heterocycles. The van der Waals surface area contributed by atoms with Crippen molar-refractivity contribution in [1.82, 2.24) is 0 Å². The molecule has 0 N–H and O–H groups in total. The second-order valence-corrected chi connectivity index (χ2v) is 8.25. The largest absolute Gasteiger partial charge is 0.455 e. The monoisotopic (exact) mass is 364 g/mol. The van der Waals surface area contributed by atoms with Crippen LogP contribution in [0.1, 0.15) is 43.0 Å². The van der Waals surface area contributed by atoms with Crippen LogP contribution >= 0.6 is 0 Å². The van der Waals surface area contributed by atoms with E-state index in [1.807, 2.05) is 18.2 Å². The van der Waals surface area contributed by atoms with Crippen molar-refractivity contribution in [2.75, 3.05) is 0 Å². The van der Waals surface area contributed by atoms with Crippen molar-refractivity contribution in [3.05, 3.63) is 95.1 Å². The maximum absolute atomic E-state index is 6.17. The van der Waals surface area contributed by atoms with Crippen LogP contribution in [0.5, 0.6) is 0 Å². The number of aryl methyl sites for hydroxylation is 1. The molecule has 0 radical (unpaired) electrons. The molecule has 0 atom stereocenters. The molecule has 0 saturated heterocycles. The minimum Gasteiger partial charge on any atom is -0.455 e. The van der Waals surface area contributed by atoms with Gasteiger partial charge in [0.25, 0.3) is 0 Å². The molecule has 0 bridgehead atoms. The Kier molecular flexibility index (Phi) is 4.57. The van der Waals surface area contributed by atoms with Gasteiger partial charge >= 0.3 is 0 Å². The Morgan fingerprint density at radius 3 is 2.11 bits per heavy atom. The maximum Gasteiger partial charge on any atom is 0.151 e. The average Bonchev–Trinajstić information content (AvgIpc) is 3.05. The first-order valence-electron chi connectivity index (χ1n) is 9.63. The Balaban J connectivity index is 1.80. The summed E-state index contributed by atoms with van der Waals surface area (Å²) in [7, 11) is 0. The van der Waals surface area contributed by atoms with Gasteiger partial charge in [0.05, 0.1) is 5.56 Å². The van der Waals surface area contributed by atoms with Gasteiger partial charge in [-0.05, 0) is 42.2 Å². The van der Waals surface area contributed by atoms with Crippen LogP contribution in [0.4, 0.5) is 0 Å². The predicted molar refractivity (Wildman–Crippen MR) is 118 cm³/mol. The van der Waals surface area contributed by atoms with Crippen LogP contribution in [0.15, 0.2) is 77.2 Å². The molecular formula is C27H24O. The molecule has 0 aliphatic rings. The van der Waals surface area contributed by atoms with E-state index in [9.17, 15) is 0 Å². The smallest absolute Gasteiger partial charge is 0.151 e. The summed E-state index contributed by atoms with van der Waals surface area (Å²) in [6.45, 7) is 8.75. The van der Waals surface area contributed by atoms with Crippen molar-refractivity contribution in [2.24, 2.45) is 0 Å². The first-order chi connectivity index (χ1) is 13.4. The van der Waals surface area contributed by atoms with Crippen LogP contribution in [0.25, 0.3) is 22.3 Å². The zero-order valence-electron chi connectivity index (χ0n) is 16.8. The quantitative estimate of drug-likeness (QED) is 0.328. The summed E-state index contributed by atoms with van der Waals surface area (Å²) < 4.78 is 6.17. The van der Waals surface area contributed by atoms with Gasteiger partial charge in [-0.25, -0.2) is 0 Å². The third-order valence-corrected chi connectivity index (χ3v) is 4.99. The van der Waals surface area contributed by atoms with Crippen LogP contribution in [0.3, 0.4) is 0 Å². The molecule has 28 heavy (non-hydrogen) atoms. The topological polar surface area (TPSA) is 13.1 Å². The van der Waals surface area contributed by atoms with Crippen LogP contribution in [-0.4, -0.2) is 0 Å². The summed E-state index contributed by atoms with van der Waals surface area (Å²) in [5.74, 6) is 7.54. The zero-order chi connectivity index (χ0) is 19.7. The van der Waals surface area contributed by atoms with E-state index >= 15 is 0 Å². The molecule has 0 saturated carbocycles. The fraction of sp³-hybridized carbons (Fsp3) is 0.185. The number of hydrogen-bond acceptors (Lipinski definition) is 1. The Bertz CT molecular complexity index is 1170. The fourth-order valence-corrected chi connectivity index (χ4v) is 3.27. The molecule has 0 spiro atoms. The fourth-order valence-electron chi connectivity index (χ4n) is 3.27. The highest BCUT2D eigenvalue weighted by Crippen LogP contribution is 2.33. The van der Waals surface area contributed by atoms with Gasteiger partial charge in [0.15, 0.2) is 5.76 Å². The first kappa shape index (κ1) is 18.1. The van der Waals surface area contributed by atoms with E-state index in [0.717, 1.165) is 33.4 Å². The van der Waals surface area contributed by atoms with Gasteiger partial charge in [0.2, 0.25) is 0 Å². The highest BCUT2D eigenvalue weighted by atomic mass is 16.3. The minimum absolute atomic E-state index is 0.144. The number of fused-ring (bicyclic) bond motifs is 1. The minimum atomic E-state index is 0.144. The predicted octanol–water partition coefficient (Wildman–Crippen LogP) is 7.11. The average molecular weight is 364 g/mol. The van der Waals surface area contributed by atoms with Crippen molar-refractivity contribution in [2.45, 2.75) is 33.1 Å². The van der Waals surface area contributed by atoms with Crippen molar-refractivity contribution < 1.29 is 4.42 Å².